The summed E-state index contributed by atoms with van der Waals surface area (Å²) in [5.41, 5.74) is 0. The van der Waals surface area contributed by atoms with Crippen molar-refractivity contribution in [3.63, 3.8) is 0 Å². The van der Waals surface area contributed by atoms with Gasteiger partial charge in [0.15, 0.2) is 12.6 Å². The van der Waals surface area contributed by atoms with Crippen molar-refractivity contribution in [1.82, 2.24) is 0 Å². The molecule has 0 bridgehead atoms. The average Bonchev–Trinajstić information content (AvgIpc) is 2.55. The molecule has 136 valence electrons. The first-order chi connectivity index (χ1) is 10.8. The van der Waals surface area contributed by atoms with Crippen molar-refractivity contribution in [3.05, 3.63) is 0 Å². The van der Waals surface area contributed by atoms with Crippen LogP contribution >= 0.6 is 0 Å². The van der Waals surface area contributed by atoms with Crippen LogP contribution in [0.2, 0.25) is 0 Å². The molecular formula is C12H22O11. The normalized spacial score (nSPS) is 51.7. The molecule has 2 saturated heterocycles. The van der Waals surface area contributed by atoms with Crippen molar-refractivity contribution < 1.29 is 55.1 Å². The van der Waals surface area contributed by atoms with Crippen molar-refractivity contribution in [3.8, 4) is 0 Å². The number of ether oxygens (including phenoxy) is 3. The minimum Gasteiger partial charge on any atom is -0.394 e. The van der Waals surface area contributed by atoms with Gasteiger partial charge in [0.05, 0.1) is 13.2 Å². The number of aliphatic hydroxyl groups excluding tert-OH is 8. The molecule has 0 aromatic rings. The van der Waals surface area contributed by atoms with E-state index in [0.29, 0.717) is 0 Å². The Morgan fingerprint density at radius 1 is 0.652 bits per heavy atom. The molecule has 23 heavy (non-hydrogen) atoms. The number of hydrogen-bond acceptors (Lipinski definition) is 11. The summed E-state index contributed by atoms with van der Waals surface area (Å²) < 4.78 is 15.3. The van der Waals surface area contributed by atoms with Crippen LogP contribution in [0, 0.1) is 0 Å². The van der Waals surface area contributed by atoms with E-state index in [1.807, 2.05) is 0 Å². The minimum absolute atomic E-state index is 0.667. The van der Waals surface area contributed by atoms with Crippen LogP contribution in [-0.2, 0) is 14.2 Å². The SMILES string of the molecule is OC[C@H]1O[C@@H](O[C@H]2[C@H](O)[C@H](O)[C@@H](O)O[C@@H]2CO)[C@H](O)[C@@H](O)[C@H]1O. The zero-order chi connectivity index (χ0) is 17.3. The molecule has 0 aromatic carbocycles. The smallest absolute Gasteiger partial charge is 0.187 e. The zero-order valence-corrected chi connectivity index (χ0v) is 12.0. The summed E-state index contributed by atoms with van der Waals surface area (Å²) in [6, 6.07) is 0. The molecule has 0 unspecified atom stereocenters. The third kappa shape index (κ3) is 3.65. The molecule has 2 rings (SSSR count). The van der Waals surface area contributed by atoms with Gasteiger partial charge in [-0.1, -0.05) is 0 Å². The van der Waals surface area contributed by atoms with E-state index in [4.69, 9.17) is 19.3 Å². The highest BCUT2D eigenvalue weighted by molar-refractivity contribution is 4.93. The van der Waals surface area contributed by atoms with E-state index in [0.717, 1.165) is 0 Å². The molecule has 0 spiro atoms. The fraction of sp³-hybridized carbons (Fsp3) is 1.00. The fourth-order valence-corrected chi connectivity index (χ4v) is 2.57. The third-order valence-corrected chi connectivity index (χ3v) is 3.98. The lowest BCUT2D eigenvalue weighted by molar-refractivity contribution is -0.355. The second kappa shape index (κ2) is 7.63. The summed E-state index contributed by atoms with van der Waals surface area (Å²) in [4.78, 5) is 0. The Morgan fingerprint density at radius 3 is 1.83 bits per heavy atom. The van der Waals surface area contributed by atoms with E-state index in [-0.39, 0.29) is 0 Å². The standard InChI is InChI=1S/C12H22O11/c13-1-3-5(15)6(16)9(19)12(22-3)23-10-4(2-14)21-11(20)8(18)7(10)17/h3-20H,1-2H2/t3-,4-,5+,6+,7-,8+,9-,10-,11+,12+/m1/s1. The monoisotopic (exact) mass is 342 g/mol. The Balaban J connectivity index is 2.11. The van der Waals surface area contributed by atoms with Gasteiger partial charge in [0.2, 0.25) is 0 Å². The maximum Gasteiger partial charge on any atom is 0.187 e. The van der Waals surface area contributed by atoms with Crippen LogP contribution in [0.3, 0.4) is 0 Å². The third-order valence-electron chi connectivity index (χ3n) is 3.98. The average molecular weight is 342 g/mol. The number of rotatable bonds is 4. The first kappa shape index (κ1) is 18.9. The Hall–Kier alpha value is -0.440. The minimum atomic E-state index is -1.74. The molecule has 8 N–H and O–H groups in total. The van der Waals surface area contributed by atoms with Crippen molar-refractivity contribution >= 4 is 0 Å². The van der Waals surface area contributed by atoms with Crippen LogP contribution in [0.1, 0.15) is 0 Å². The lowest BCUT2D eigenvalue weighted by Gasteiger charge is -2.45. The molecule has 0 aromatic heterocycles. The summed E-state index contributed by atoms with van der Waals surface area (Å²) >= 11 is 0. The highest BCUT2D eigenvalue weighted by Crippen LogP contribution is 2.28. The van der Waals surface area contributed by atoms with Gasteiger partial charge < -0.3 is 55.1 Å². The molecule has 0 amide bonds. The molecule has 11 heteroatoms. The van der Waals surface area contributed by atoms with E-state index in [1.165, 1.54) is 0 Å². The van der Waals surface area contributed by atoms with Gasteiger partial charge in [0.1, 0.15) is 48.8 Å². The van der Waals surface area contributed by atoms with E-state index in [9.17, 15) is 35.7 Å². The maximum absolute atomic E-state index is 9.94. The van der Waals surface area contributed by atoms with Crippen LogP contribution in [0.25, 0.3) is 0 Å². The molecule has 0 saturated carbocycles. The number of hydrogen-bond donors (Lipinski definition) is 8. The Kier molecular flexibility index (Phi) is 6.27. The van der Waals surface area contributed by atoms with Gasteiger partial charge in [-0.05, 0) is 0 Å². The summed E-state index contributed by atoms with van der Waals surface area (Å²) in [6.07, 6.45) is -15.6. The van der Waals surface area contributed by atoms with E-state index >= 15 is 0 Å². The van der Waals surface area contributed by atoms with Gasteiger partial charge in [-0.3, -0.25) is 0 Å². The summed E-state index contributed by atoms with van der Waals surface area (Å²) in [7, 11) is 0. The molecular weight excluding hydrogens is 320 g/mol. The van der Waals surface area contributed by atoms with Gasteiger partial charge >= 0.3 is 0 Å². The predicted molar refractivity (Wildman–Crippen MR) is 68.6 cm³/mol. The van der Waals surface area contributed by atoms with Crippen LogP contribution in [-0.4, -0.2) is 115 Å². The van der Waals surface area contributed by atoms with Gasteiger partial charge in [0, 0.05) is 0 Å². The van der Waals surface area contributed by atoms with Gasteiger partial charge in [-0.2, -0.15) is 0 Å². The fourth-order valence-electron chi connectivity index (χ4n) is 2.57. The highest BCUT2D eigenvalue weighted by atomic mass is 16.7. The largest absolute Gasteiger partial charge is 0.394 e. The molecule has 0 radical (unpaired) electrons. The van der Waals surface area contributed by atoms with Crippen LogP contribution in [0.5, 0.6) is 0 Å². The van der Waals surface area contributed by atoms with E-state index in [2.05, 4.69) is 0 Å². The quantitative estimate of drug-likeness (QED) is 0.243. The van der Waals surface area contributed by atoms with Crippen molar-refractivity contribution in [2.45, 2.75) is 61.4 Å². The Bertz CT molecular complexity index is 378. The van der Waals surface area contributed by atoms with Crippen LogP contribution in [0.15, 0.2) is 0 Å². The summed E-state index contributed by atoms with van der Waals surface area (Å²) in [6.45, 7) is -1.35. The van der Waals surface area contributed by atoms with Crippen LogP contribution in [0.4, 0.5) is 0 Å². The molecule has 11 nitrogen and oxygen atoms in total. The van der Waals surface area contributed by atoms with E-state index in [1.54, 1.807) is 0 Å². The van der Waals surface area contributed by atoms with E-state index < -0.39 is 74.6 Å². The summed E-state index contributed by atoms with van der Waals surface area (Å²) in [5, 5.41) is 76.5. The number of aliphatic hydroxyl groups is 8. The zero-order valence-electron chi connectivity index (χ0n) is 12.0. The molecule has 2 aliphatic rings. The second-order valence-corrected chi connectivity index (χ2v) is 5.53. The van der Waals surface area contributed by atoms with Gasteiger partial charge in [-0.15, -0.1) is 0 Å². The van der Waals surface area contributed by atoms with Gasteiger partial charge in [0.25, 0.3) is 0 Å². The topological polar surface area (TPSA) is 190 Å². The lowest BCUT2D eigenvalue weighted by atomic mass is 9.97. The predicted octanol–water partition coefficient (Wildman–Crippen LogP) is -5.40. The van der Waals surface area contributed by atoms with Crippen molar-refractivity contribution in [2.24, 2.45) is 0 Å². The second-order valence-electron chi connectivity index (χ2n) is 5.53. The Morgan fingerprint density at radius 2 is 1.26 bits per heavy atom. The Labute approximate surface area is 130 Å². The summed E-state index contributed by atoms with van der Waals surface area (Å²) in [5.74, 6) is 0. The molecule has 2 heterocycles. The molecule has 2 aliphatic heterocycles. The van der Waals surface area contributed by atoms with Crippen molar-refractivity contribution in [1.29, 1.82) is 0 Å². The molecule has 2 fully saturated rings. The van der Waals surface area contributed by atoms with Crippen LogP contribution < -0.4 is 0 Å². The first-order valence-electron chi connectivity index (χ1n) is 7.08. The highest BCUT2D eigenvalue weighted by Gasteiger charge is 2.50. The maximum atomic E-state index is 9.94. The molecule has 0 aliphatic carbocycles. The van der Waals surface area contributed by atoms with Crippen molar-refractivity contribution in [2.75, 3.05) is 13.2 Å². The van der Waals surface area contributed by atoms with Gasteiger partial charge in [-0.25, -0.2) is 0 Å². The lowest BCUT2D eigenvalue weighted by Crippen LogP contribution is -2.64. The molecule has 10 atom stereocenters. The first-order valence-corrected chi connectivity index (χ1v) is 7.08.